The van der Waals surface area contributed by atoms with E-state index >= 15 is 0 Å². The smallest absolute Gasteiger partial charge is 0.234 e. The highest BCUT2D eigenvalue weighted by Crippen LogP contribution is 2.40. The number of hydrogen-bond donors (Lipinski definition) is 1. The topological polar surface area (TPSA) is 15.0 Å². The van der Waals surface area contributed by atoms with Gasteiger partial charge >= 0.3 is 0 Å². The molecule has 27 heavy (non-hydrogen) atoms. The van der Waals surface area contributed by atoms with Crippen molar-refractivity contribution < 1.29 is 4.58 Å². The number of fused-ring (bicyclic) bond motifs is 1. The number of unbranched alkanes of at least 4 members (excludes halogenated alkanes) is 1. The monoisotopic (exact) mass is 395 g/mol. The molecule has 1 atom stereocenters. The lowest BCUT2D eigenvalue weighted by molar-refractivity contribution is -0.521. The second-order valence-corrected chi connectivity index (χ2v) is 8.34. The lowest BCUT2D eigenvalue weighted by atomic mass is 10.1. The largest absolute Gasteiger partial charge is 0.349 e. The Kier molecular flexibility index (Phi) is 7.66. The van der Waals surface area contributed by atoms with Crippen molar-refractivity contribution in [3.63, 3.8) is 0 Å². The highest BCUT2D eigenvalue weighted by Gasteiger charge is 2.17. The standard InChI is InChI=1S/C23H27N2S2/c1-25(19-13-7-6-8-14-19)23(26-2)18-10-5-3-4-9-17-22-24-20-15-11-12-16-21(20)27-22/h4,6-13,15-19,24H,3,5,14H2,1-2H3/q+1/b9-4+,18-10+,22-17-,25-23-. The first kappa shape index (κ1) is 19.8. The predicted octanol–water partition coefficient (Wildman–Crippen LogP) is 6.23. The van der Waals surface area contributed by atoms with Crippen LogP contribution in [0.3, 0.4) is 0 Å². The number of benzene rings is 1. The number of para-hydroxylation sites is 1. The maximum Gasteiger partial charge on any atom is 0.234 e. The van der Waals surface area contributed by atoms with E-state index in [-0.39, 0.29) is 0 Å². The van der Waals surface area contributed by atoms with Crippen molar-refractivity contribution in [1.29, 1.82) is 0 Å². The van der Waals surface area contributed by atoms with Gasteiger partial charge in [-0.1, -0.05) is 72.1 Å². The second kappa shape index (κ2) is 10.4. The first-order valence-corrected chi connectivity index (χ1v) is 11.4. The Hall–Kier alpha value is -1.91. The van der Waals surface area contributed by atoms with Crippen LogP contribution in [0.25, 0.3) is 0 Å². The molecular weight excluding hydrogens is 368 g/mol. The Morgan fingerprint density at radius 2 is 2.11 bits per heavy atom. The van der Waals surface area contributed by atoms with Crippen LogP contribution in [0.4, 0.5) is 5.69 Å². The Morgan fingerprint density at radius 3 is 2.89 bits per heavy atom. The molecule has 1 aliphatic carbocycles. The van der Waals surface area contributed by atoms with Crippen molar-refractivity contribution in [2.45, 2.75) is 30.2 Å². The zero-order valence-electron chi connectivity index (χ0n) is 16.0. The van der Waals surface area contributed by atoms with Crippen molar-refractivity contribution in [3.05, 3.63) is 84.0 Å². The number of likely N-dealkylation sites (N-methyl/N-ethyl adjacent to an activating group) is 1. The van der Waals surface area contributed by atoms with Gasteiger partial charge in [0.05, 0.1) is 10.7 Å². The lowest BCUT2D eigenvalue weighted by Crippen LogP contribution is -2.25. The minimum atomic E-state index is 0.467. The van der Waals surface area contributed by atoms with Gasteiger partial charge < -0.3 is 5.32 Å². The van der Waals surface area contributed by atoms with Crippen LogP contribution in [-0.4, -0.2) is 29.0 Å². The van der Waals surface area contributed by atoms with E-state index in [0.29, 0.717) is 6.04 Å². The molecule has 0 saturated heterocycles. The predicted molar refractivity (Wildman–Crippen MR) is 123 cm³/mol. The molecule has 140 valence electrons. The Morgan fingerprint density at radius 1 is 1.26 bits per heavy atom. The zero-order chi connectivity index (χ0) is 18.9. The van der Waals surface area contributed by atoms with Crippen LogP contribution >= 0.6 is 23.5 Å². The van der Waals surface area contributed by atoms with E-state index in [1.807, 2.05) is 11.8 Å². The van der Waals surface area contributed by atoms with E-state index in [0.717, 1.165) is 19.3 Å². The molecule has 0 bridgehead atoms. The molecule has 1 N–H and O–H groups in total. The molecule has 1 heterocycles. The quantitative estimate of drug-likeness (QED) is 0.266. The number of anilines is 1. The summed E-state index contributed by atoms with van der Waals surface area (Å²) in [5.74, 6) is 0. The third-order valence-electron chi connectivity index (χ3n) is 4.52. The molecule has 4 heteroatoms. The summed E-state index contributed by atoms with van der Waals surface area (Å²) < 4.78 is 2.36. The maximum absolute atomic E-state index is 3.44. The lowest BCUT2D eigenvalue weighted by Gasteiger charge is -2.11. The zero-order valence-corrected chi connectivity index (χ0v) is 17.6. The van der Waals surface area contributed by atoms with E-state index in [1.54, 1.807) is 11.8 Å². The minimum Gasteiger partial charge on any atom is -0.349 e. The molecule has 0 aromatic heterocycles. The van der Waals surface area contributed by atoms with E-state index in [2.05, 4.69) is 102 Å². The van der Waals surface area contributed by atoms with Crippen LogP contribution < -0.4 is 5.32 Å². The molecule has 0 radical (unpaired) electrons. The molecule has 1 aromatic carbocycles. The molecule has 1 aromatic rings. The fourth-order valence-corrected chi connectivity index (χ4v) is 4.56. The van der Waals surface area contributed by atoms with Gasteiger partial charge in [0.25, 0.3) is 0 Å². The van der Waals surface area contributed by atoms with E-state index in [1.165, 1.54) is 20.7 Å². The van der Waals surface area contributed by atoms with Gasteiger partial charge in [-0.25, -0.2) is 4.58 Å². The van der Waals surface area contributed by atoms with E-state index < -0.39 is 0 Å². The molecule has 2 nitrogen and oxygen atoms in total. The number of rotatable bonds is 6. The summed E-state index contributed by atoms with van der Waals surface area (Å²) in [5.41, 5.74) is 1.21. The second-order valence-electron chi connectivity index (χ2n) is 6.43. The van der Waals surface area contributed by atoms with Crippen LogP contribution in [0.2, 0.25) is 0 Å². The van der Waals surface area contributed by atoms with Crippen molar-refractivity contribution in [2.75, 3.05) is 18.6 Å². The SMILES string of the molecule is CSC(/C=C/CC/C=C/C=C1/Nc2ccccc2S1)=[N+](/C)C1C=CC=CC1. The highest BCUT2D eigenvalue weighted by molar-refractivity contribution is 8.13. The van der Waals surface area contributed by atoms with Crippen LogP contribution in [0.5, 0.6) is 0 Å². The van der Waals surface area contributed by atoms with Crippen molar-refractivity contribution in [1.82, 2.24) is 0 Å². The Balaban J connectivity index is 1.45. The van der Waals surface area contributed by atoms with Crippen molar-refractivity contribution in [2.24, 2.45) is 0 Å². The van der Waals surface area contributed by atoms with Gasteiger partial charge in [0.1, 0.15) is 7.05 Å². The fourth-order valence-electron chi connectivity index (χ4n) is 2.99. The van der Waals surface area contributed by atoms with E-state index in [9.17, 15) is 0 Å². The Bertz CT molecular complexity index is 802. The van der Waals surface area contributed by atoms with Crippen LogP contribution in [-0.2, 0) is 0 Å². The Labute approximate surface area is 171 Å². The summed E-state index contributed by atoms with van der Waals surface area (Å²) in [7, 11) is 2.18. The molecule has 0 amide bonds. The van der Waals surface area contributed by atoms with Gasteiger partial charge in [-0.05, 0) is 43.4 Å². The fraction of sp³-hybridized carbons (Fsp3) is 0.261. The molecule has 0 saturated carbocycles. The van der Waals surface area contributed by atoms with Gasteiger partial charge in [-0.15, -0.1) is 0 Å². The third-order valence-corrected chi connectivity index (χ3v) is 6.40. The van der Waals surface area contributed by atoms with Gasteiger partial charge in [-0.3, -0.25) is 0 Å². The molecular formula is C23H27N2S2+. The van der Waals surface area contributed by atoms with E-state index in [4.69, 9.17) is 0 Å². The first-order valence-electron chi connectivity index (χ1n) is 9.32. The first-order chi connectivity index (χ1) is 13.3. The maximum atomic E-state index is 3.44. The van der Waals surface area contributed by atoms with Crippen LogP contribution in [0.1, 0.15) is 19.3 Å². The molecule has 0 fully saturated rings. The molecule has 1 aliphatic heterocycles. The minimum absolute atomic E-state index is 0.467. The average Bonchev–Trinajstić information content (AvgIpc) is 3.13. The van der Waals surface area contributed by atoms with Crippen molar-refractivity contribution >= 4 is 34.3 Å². The number of thioether (sulfide) groups is 2. The van der Waals surface area contributed by atoms with Gasteiger partial charge in [-0.2, -0.15) is 0 Å². The molecule has 3 rings (SSSR count). The van der Waals surface area contributed by atoms with Crippen molar-refractivity contribution in [3.8, 4) is 0 Å². The number of nitrogens with zero attached hydrogens (tertiary/aromatic N) is 1. The third kappa shape index (κ3) is 5.78. The summed E-state index contributed by atoms with van der Waals surface area (Å²) in [5, 5.41) is 5.95. The summed E-state index contributed by atoms with van der Waals surface area (Å²) in [4.78, 5) is 1.30. The van der Waals surface area contributed by atoms with Crippen LogP contribution in [0.15, 0.2) is 88.9 Å². The van der Waals surface area contributed by atoms with Gasteiger partial charge in [0.2, 0.25) is 5.04 Å². The number of nitrogens with one attached hydrogen (secondary N) is 1. The summed E-state index contributed by atoms with van der Waals surface area (Å²) in [6, 6.07) is 8.88. The summed E-state index contributed by atoms with van der Waals surface area (Å²) >= 11 is 3.60. The molecule has 2 aliphatic rings. The number of allylic oxidation sites excluding steroid dienone is 6. The van der Waals surface area contributed by atoms with Gasteiger partial charge in [0.15, 0.2) is 6.04 Å². The highest BCUT2D eigenvalue weighted by atomic mass is 32.2. The van der Waals surface area contributed by atoms with Gasteiger partial charge in [0, 0.05) is 17.4 Å². The molecule has 1 unspecified atom stereocenters. The average molecular weight is 396 g/mol. The summed E-state index contributed by atoms with van der Waals surface area (Å²) in [6.45, 7) is 0. The number of hydrogen-bond acceptors (Lipinski definition) is 3. The summed E-state index contributed by atoms with van der Waals surface area (Å²) in [6.07, 6.45) is 25.2. The molecule has 0 spiro atoms. The van der Waals surface area contributed by atoms with Crippen LogP contribution in [0, 0.1) is 0 Å². The normalized spacial score (nSPS) is 21.1.